The molecule has 0 spiro atoms. The summed E-state index contributed by atoms with van der Waals surface area (Å²) < 4.78 is 2.90. The molecule has 1 fully saturated rings. The number of hydrogen-bond acceptors (Lipinski definition) is 3. The van der Waals surface area contributed by atoms with E-state index >= 15 is 0 Å². The van der Waals surface area contributed by atoms with Crippen LogP contribution < -0.4 is 10.2 Å². The van der Waals surface area contributed by atoms with Crippen LogP contribution in [0.25, 0.3) is 6.08 Å². The second-order valence-electron chi connectivity index (χ2n) is 5.82. The molecular weight excluding hydrogens is 402 g/mol. The monoisotopic (exact) mass is 417 g/mol. The Kier molecular flexibility index (Phi) is 4.62. The van der Waals surface area contributed by atoms with Crippen LogP contribution in [0.3, 0.4) is 0 Å². The lowest BCUT2D eigenvalue weighted by Gasteiger charge is -2.28. The quantitative estimate of drug-likeness (QED) is 0.463. The number of nitrogens with zero attached hydrogens (tertiary/aromatic N) is 2. The lowest BCUT2D eigenvalue weighted by atomic mass is 10.1. The van der Waals surface area contributed by atoms with E-state index in [9.17, 15) is 9.59 Å². The zero-order valence-corrected chi connectivity index (χ0v) is 16.4. The average Bonchev–Trinajstić information content (AvgIpc) is 2.80. The van der Waals surface area contributed by atoms with Crippen molar-refractivity contribution in [1.29, 1.82) is 0 Å². The number of aryl methyl sites for hydroxylation is 1. The van der Waals surface area contributed by atoms with Gasteiger partial charge < -0.3 is 4.57 Å². The number of carbonyl (C=O) groups excluding carboxylic acids is 2. The number of anilines is 1. The van der Waals surface area contributed by atoms with E-state index < -0.39 is 11.8 Å². The highest BCUT2D eigenvalue weighted by Gasteiger charge is 2.34. The molecule has 0 atom stereocenters. The minimum Gasteiger partial charge on any atom is -0.352 e. The van der Waals surface area contributed by atoms with Crippen molar-refractivity contribution in [2.24, 2.45) is 7.05 Å². The van der Waals surface area contributed by atoms with Crippen LogP contribution >= 0.6 is 28.1 Å². The summed E-state index contributed by atoms with van der Waals surface area (Å²) in [4.78, 5) is 26.6. The molecule has 1 aliphatic rings. The van der Waals surface area contributed by atoms with E-state index in [1.165, 1.54) is 4.90 Å². The highest BCUT2D eigenvalue weighted by Crippen LogP contribution is 2.25. The van der Waals surface area contributed by atoms with Crippen LogP contribution in [0.2, 0.25) is 0 Å². The van der Waals surface area contributed by atoms with E-state index in [4.69, 9.17) is 12.2 Å². The third kappa shape index (κ3) is 3.17. The molecular formula is C18H16BrN3O2S. The van der Waals surface area contributed by atoms with Crippen molar-refractivity contribution in [3.05, 3.63) is 57.3 Å². The molecule has 0 radical (unpaired) electrons. The van der Waals surface area contributed by atoms with Crippen LogP contribution in [0.1, 0.15) is 17.0 Å². The lowest BCUT2D eigenvalue weighted by Crippen LogP contribution is -2.54. The van der Waals surface area contributed by atoms with Crippen molar-refractivity contribution in [3.8, 4) is 0 Å². The minimum absolute atomic E-state index is 0.0604. The molecule has 1 aromatic heterocycles. The molecule has 7 heteroatoms. The molecule has 2 aromatic rings. The number of rotatable bonds is 2. The van der Waals surface area contributed by atoms with E-state index in [1.54, 1.807) is 18.2 Å². The average molecular weight is 418 g/mol. The maximum Gasteiger partial charge on any atom is 0.270 e. The van der Waals surface area contributed by atoms with E-state index in [-0.39, 0.29) is 10.7 Å². The molecule has 1 saturated heterocycles. The van der Waals surface area contributed by atoms with Crippen LogP contribution in [0.15, 0.2) is 40.4 Å². The fourth-order valence-electron chi connectivity index (χ4n) is 2.67. The zero-order chi connectivity index (χ0) is 18.3. The molecule has 3 rings (SSSR count). The molecule has 1 aromatic carbocycles. The summed E-state index contributed by atoms with van der Waals surface area (Å²) >= 11 is 8.56. The van der Waals surface area contributed by atoms with Crippen LogP contribution in [-0.2, 0) is 16.6 Å². The Labute approximate surface area is 159 Å². The predicted octanol–water partition coefficient (Wildman–Crippen LogP) is 3.24. The summed E-state index contributed by atoms with van der Waals surface area (Å²) in [5, 5.41) is 2.67. The summed E-state index contributed by atoms with van der Waals surface area (Å²) in [5.41, 5.74) is 3.53. The Balaban J connectivity index is 2.05. The van der Waals surface area contributed by atoms with Crippen molar-refractivity contribution in [1.82, 2.24) is 9.88 Å². The summed E-state index contributed by atoms with van der Waals surface area (Å²) in [6.07, 6.45) is 1.62. The number of hydrogen-bond donors (Lipinski definition) is 1. The van der Waals surface area contributed by atoms with Crippen molar-refractivity contribution in [2.75, 3.05) is 4.90 Å². The lowest BCUT2D eigenvalue weighted by molar-refractivity contribution is -0.122. The molecule has 1 aliphatic heterocycles. The molecule has 0 unspecified atom stereocenters. The second-order valence-corrected chi connectivity index (χ2v) is 7.12. The molecule has 1 N–H and O–H groups in total. The van der Waals surface area contributed by atoms with Crippen molar-refractivity contribution < 1.29 is 9.59 Å². The maximum atomic E-state index is 12.9. The summed E-state index contributed by atoms with van der Waals surface area (Å²) in [6.45, 7) is 3.92. The van der Waals surface area contributed by atoms with Gasteiger partial charge in [-0.1, -0.05) is 15.9 Å². The molecule has 0 aliphatic carbocycles. The largest absolute Gasteiger partial charge is 0.352 e. The smallest absolute Gasteiger partial charge is 0.270 e. The van der Waals surface area contributed by atoms with Gasteiger partial charge in [0.05, 0.1) is 5.69 Å². The van der Waals surface area contributed by atoms with E-state index in [0.717, 1.165) is 21.4 Å². The third-order valence-corrected chi connectivity index (χ3v) is 5.11. The summed E-state index contributed by atoms with van der Waals surface area (Å²) in [5.74, 6) is -0.916. The van der Waals surface area contributed by atoms with Gasteiger partial charge in [-0.15, -0.1) is 0 Å². The highest BCUT2D eigenvalue weighted by molar-refractivity contribution is 9.10. The van der Waals surface area contributed by atoms with E-state index in [1.807, 2.05) is 43.7 Å². The first-order valence-electron chi connectivity index (χ1n) is 7.59. The Morgan fingerprint density at radius 3 is 2.36 bits per heavy atom. The predicted molar refractivity (Wildman–Crippen MR) is 105 cm³/mol. The molecule has 2 amide bonds. The molecule has 5 nitrogen and oxygen atoms in total. The highest BCUT2D eigenvalue weighted by atomic mass is 79.9. The fourth-order valence-corrected chi connectivity index (χ4v) is 3.21. The molecule has 2 heterocycles. The maximum absolute atomic E-state index is 12.9. The van der Waals surface area contributed by atoms with E-state index in [0.29, 0.717) is 5.69 Å². The van der Waals surface area contributed by atoms with Gasteiger partial charge in [-0.2, -0.15) is 0 Å². The van der Waals surface area contributed by atoms with Gasteiger partial charge >= 0.3 is 0 Å². The van der Waals surface area contributed by atoms with Gasteiger partial charge in [-0.25, -0.2) is 0 Å². The SMILES string of the molecule is Cc1cc(/C=C2/C(=O)NC(=S)N(c3ccc(Br)cc3)C2=O)c(C)n1C. The Hall–Kier alpha value is -2.25. The number of carbonyl (C=O) groups is 2. The van der Waals surface area contributed by atoms with Gasteiger partial charge in [0.25, 0.3) is 11.8 Å². The number of nitrogens with one attached hydrogen (secondary N) is 1. The van der Waals surface area contributed by atoms with Gasteiger partial charge in [0.1, 0.15) is 5.57 Å². The molecule has 25 heavy (non-hydrogen) atoms. The van der Waals surface area contributed by atoms with Gasteiger partial charge in [-0.05, 0) is 68.0 Å². The van der Waals surface area contributed by atoms with Gasteiger partial charge in [-0.3, -0.25) is 19.8 Å². The number of halogens is 1. The summed E-state index contributed by atoms with van der Waals surface area (Å²) in [6, 6.07) is 9.11. The Bertz CT molecular complexity index is 929. The van der Waals surface area contributed by atoms with Crippen molar-refractivity contribution >= 4 is 56.8 Å². The number of thiocarbonyl (C=S) groups is 1. The standard InChI is InChI=1S/C18H16BrN3O2S/c1-10-8-12(11(2)21(10)3)9-15-16(23)20-18(25)22(17(15)24)14-6-4-13(19)5-7-14/h4-9H,1-3H3,(H,20,23,25)/b15-9-. The molecule has 0 bridgehead atoms. The fraction of sp³-hybridized carbons (Fsp3) is 0.167. The van der Waals surface area contributed by atoms with Crippen LogP contribution in [0.5, 0.6) is 0 Å². The number of amides is 2. The molecule has 0 saturated carbocycles. The topological polar surface area (TPSA) is 54.3 Å². The summed E-state index contributed by atoms with van der Waals surface area (Å²) in [7, 11) is 1.94. The molecule has 128 valence electrons. The Morgan fingerprint density at radius 1 is 1.16 bits per heavy atom. The van der Waals surface area contributed by atoms with Gasteiger partial charge in [0.2, 0.25) is 0 Å². The van der Waals surface area contributed by atoms with E-state index in [2.05, 4.69) is 21.2 Å². The van der Waals surface area contributed by atoms with Gasteiger partial charge in [0, 0.05) is 22.9 Å². The van der Waals surface area contributed by atoms with Crippen LogP contribution in [0.4, 0.5) is 5.69 Å². The first kappa shape index (κ1) is 17.6. The minimum atomic E-state index is -0.482. The van der Waals surface area contributed by atoms with Crippen molar-refractivity contribution in [3.63, 3.8) is 0 Å². The first-order chi connectivity index (χ1) is 11.8. The van der Waals surface area contributed by atoms with Crippen LogP contribution in [-0.4, -0.2) is 21.5 Å². The van der Waals surface area contributed by atoms with Crippen molar-refractivity contribution in [2.45, 2.75) is 13.8 Å². The number of aromatic nitrogens is 1. The van der Waals surface area contributed by atoms with Crippen LogP contribution in [0, 0.1) is 13.8 Å². The second kappa shape index (κ2) is 6.57. The Morgan fingerprint density at radius 2 is 1.80 bits per heavy atom. The zero-order valence-electron chi connectivity index (χ0n) is 14.0. The third-order valence-electron chi connectivity index (χ3n) is 4.30. The normalized spacial score (nSPS) is 16.6. The first-order valence-corrected chi connectivity index (χ1v) is 8.79. The number of benzene rings is 1. The van der Waals surface area contributed by atoms with Gasteiger partial charge in [0.15, 0.2) is 5.11 Å².